The van der Waals surface area contributed by atoms with Crippen LogP contribution >= 0.6 is 0 Å². The number of pyridine rings is 1. The molecule has 0 spiro atoms. The first kappa shape index (κ1) is 24.7. The second-order valence-electron chi connectivity index (χ2n) is 10.0. The van der Waals surface area contributed by atoms with Gasteiger partial charge in [0, 0.05) is 24.8 Å². The lowest BCUT2D eigenvalue weighted by Gasteiger charge is -2.31. The monoisotopic (exact) mass is 511 g/mol. The molecule has 5 N–H and O–H groups in total. The van der Waals surface area contributed by atoms with E-state index in [-0.39, 0.29) is 23.4 Å². The summed E-state index contributed by atoms with van der Waals surface area (Å²) in [6.45, 7) is 0.522. The smallest absolute Gasteiger partial charge is 0.306 e. The Morgan fingerprint density at radius 1 is 1.11 bits per heavy atom. The Hall–Kier alpha value is -2.98. The van der Waals surface area contributed by atoms with Crippen LogP contribution in [0, 0.1) is 5.92 Å². The van der Waals surface area contributed by atoms with E-state index < -0.39 is 17.0 Å². The molecule has 2 fully saturated rings. The molecule has 2 heterocycles. The molecule has 5 rings (SSSR count). The number of nitrogens with one attached hydrogen (secondary N) is 2. The minimum atomic E-state index is -1.28. The lowest BCUT2D eigenvalue weighted by molar-refractivity contribution is -0.143. The van der Waals surface area contributed by atoms with Crippen molar-refractivity contribution in [2.75, 3.05) is 5.32 Å². The highest BCUT2D eigenvalue weighted by Gasteiger charge is 2.36. The number of nitrogens with zero attached hydrogens (tertiary/aromatic N) is 2. The van der Waals surface area contributed by atoms with E-state index in [0.29, 0.717) is 42.4 Å². The van der Waals surface area contributed by atoms with Gasteiger partial charge in [0.25, 0.3) is 5.56 Å². The highest BCUT2D eigenvalue weighted by molar-refractivity contribution is 7.83. The molecule has 3 aliphatic rings. The number of carboxylic acid groups (broad SMARTS) is 1. The van der Waals surface area contributed by atoms with Crippen LogP contribution in [-0.4, -0.2) is 42.5 Å². The molecule has 0 bridgehead atoms. The molecular formula is C26H33N5O4S. The number of carbonyl (C=O) groups is 1. The summed E-state index contributed by atoms with van der Waals surface area (Å²) in [4.78, 5) is 32.0. The maximum Gasteiger partial charge on any atom is 0.306 e. The van der Waals surface area contributed by atoms with Crippen LogP contribution in [0.25, 0.3) is 0 Å². The van der Waals surface area contributed by atoms with Gasteiger partial charge in [0.2, 0.25) is 0 Å². The second kappa shape index (κ2) is 10.6. The molecule has 192 valence electrons. The average molecular weight is 512 g/mol. The van der Waals surface area contributed by atoms with Gasteiger partial charge in [0.1, 0.15) is 22.4 Å². The molecule has 0 amide bonds. The molecule has 1 aliphatic heterocycles. The third kappa shape index (κ3) is 5.10. The van der Waals surface area contributed by atoms with Crippen molar-refractivity contribution in [3.8, 4) is 0 Å². The Morgan fingerprint density at radius 3 is 2.58 bits per heavy atom. The molecule has 2 saturated carbocycles. The lowest BCUT2D eigenvalue weighted by atomic mass is 9.86. The fourth-order valence-corrected chi connectivity index (χ4v) is 7.20. The minimum Gasteiger partial charge on any atom is -0.481 e. The predicted molar refractivity (Wildman–Crippen MR) is 140 cm³/mol. The third-order valence-corrected chi connectivity index (χ3v) is 9.28. The summed E-state index contributed by atoms with van der Waals surface area (Å²) in [6, 6.07) is 7.72. The molecule has 1 atom stereocenters. The van der Waals surface area contributed by atoms with Crippen LogP contribution in [0.4, 0.5) is 11.4 Å². The van der Waals surface area contributed by atoms with Crippen LogP contribution in [0.2, 0.25) is 0 Å². The van der Waals surface area contributed by atoms with E-state index in [9.17, 15) is 18.9 Å². The molecule has 9 nitrogen and oxygen atoms in total. The largest absolute Gasteiger partial charge is 0.481 e. The van der Waals surface area contributed by atoms with E-state index >= 15 is 0 Å². The summed E-state index contributed by atoms with van der Waals surface area (Å²) < 4.78 is 15.1. The number of anilines is 1. The van der Waals surface area contributed by atoms with Gasteiger partial charge in [-0.3, -0.25) is 9.59 Å². The van der Waals surface area contributed by atoms with Crippen molar-refractivity contribution in [1.29, 1.82) is 0 Å². The Kier molecular flexibility index (Phi) is 7.25. The van der Waals surface area contributed by atoms with Gasteiger partial charge in [-0.2, -0.15) is 0 Å². The molecule has 1 unspecified atom stereocenters. The highest BCUT2D eigenvalue weighted by atomic mass is 32.2. The number of H-pyrrole nitrogens is 1. The van der Waals surface area contributed by atoms with Crippen LogP contribution < -0.4 is 16.6 Å². The zero-order valence-corrected chi connectivity index (χ0v) is 21.1. The fraction of sp³-hybridized carbons (Fsp3) is 0.500. The predicted octanol–water partition coefficient (Wildman–Crippen LogP) is 3.64. The molecule has 2 aliphatic carbocycles. The summed E-state index contributed by atoms with van der Waals surface area (Å²) in [5.74, 6) is -0.908. The van der Waals surface area contributed by atoms with Crippen molar-refractivity contribution in [3.63, 3.8) is 0 Å². The number of benzene rings is 1. The topological polar surface area (TPSA) is 141 Å². The van der Waals surface area contributed by atoms with Gasteiger partial charge in [-0.05, 0) is 68.4 Å². The number of hydrogen-bond donors (Lipinski definition) is 4. The molecule has 1 aromatic carbocycles. The van der Waals surface area contributed by atoms with Gasteiger partial charge in [-0.15, -0.1) is 0 Å². The number of aromatic amines is 1. The van der Waals surface area contributed by atoms with Crippen molar-refractivity contribution >= 4 is 34.2 Å². The first-order chi connectivity index (χ1) is 17.4. The van der Waals surface area contributed by atoms with Gasteiger partial charge in [-0.1, -0.05) is 19.3 Å². The van der Waals surface area contributed by atoms with E-state index in [4.69, 9.17) is 5.73 Å². The van der Waals surface area contributed by atoms with E-state index in [1.807, 2.05) is 22.5 Å². The van der Waals surface area contributed by atoms with E-state index in [2.05, 4.69) is 15.3 Å². The number of carboxylic acids is 1. The van der Waals surface area contributed by atoms with Gasteiger partial charge < -0.3 is 21.1 Å². The summed E-state index contributed by atoms with van der Waals surface area (Å²) in [5, 5.41) is 12.8. The number of aromatic nitrogens is 1. The van der Waals surface area contributed by atoms with Crippen molar-refractivity contribution in [3.05, 3.63) is 51.9 Å². The Balaban J connectivity index is 1.34. The van der Waals surface area contributed by atoms with Crippen molar-refractivity contribution in [2.45, 2.75) is 81.3 Å². The van der Waals surface area contributed by atoms with Crippen molar-refractivity contribution < 1.29 is 14.1 Å². The number of amidine groups is 1. The number of fused-ring (bicyclic) bond motifs is 1. The first-order valence-electron chi connectivity index (χ1n) is 12.8. The molecule has 1 aromatic heterocycles. The van der Waals surface area contributed by atoms with Gasteiger partial charge in [0.15, 0.2) is 0 Å². The molecular weight excluding hydrogens is 478 g/mol. The number of rotatable bonds is 6. The minimum absolute atomic E-state index is 0.0992. The molecule has 0 radical (unpaired) electrons. The van der Waals surface area contributed by atoms with Crippen molar-refractivity contribution in [1.82, 2.24) is 9.29 Å². The standard InChI is InChI=1S/C26H33N5O4S/c27-24(23-21(12-13-28-25(23)32)29-18-4-2-1-3-5-18)30-19-8-11-22-17(14-19)15-31(36(22)35)20-9-6-16(7-10-20)26(33)34/h8,11-14,16,18,20H,1-7,9-10,15H2,(H2,27,30)(H,33,34)(H2,28,29,32). The van der Waals surface area contributed by atoms with E-state index in [1.54, 1.807) is 12.3 Å². The van der Waals surface area contributed by atoms with Crippen LogP contribution in [0.3, 0.4) is 0 Å². The van der Waals surface area contributed by atoms with Crippen LogP contribution in [0.15, 0.2) is 45.1 Å². The van der Waals surface area contributed by atoms with Crippen molar-refractivity contribution in [2.24, 2.45) is 16.6 Å². The summed E-state index contributed by atoms with van der Waals surface area (Å²) in [5.41, 5.74) is 8.62. The van der Waals surface area contributed by atoms with Gasteiger partial charge in [-0.25, -0.2) is 13.5 Å². The molecule has 2 aromatic rings. The SMILES string of the molecule is NC(=Nc1ccc2c(c1)CN(C1CCC(C(=O)O)CC1)S2=O)c1c(NC2CCCCC2)cc[nH]c1=O. The van der Waals surface area contributed by atoms with E-state index in [1.165, 1.54) is 19.3 Å². The van der Waals surface area contributed by atoms with Crippen LogP contribution in [-0.2, 0) is 22.3 Å². The maximum atomic E-state index is 13.2. The van der Waals surface area contributed by atoms with Gasteiger partial charge in [0.05, 0.1) is 22.2 Å². The van der Waals surface area contributed by atoms with E-state index in [0.717, 1.165) is 36.1 Å². The average Bonchev–Trinajstić information content (AvgIpc) is 3.20. The fourth-order valence-electron chi connectivity index (χ4n) is 5.67. The summed E-state index contributed by atoms with van der Waals surface area (Å²) in [6.07, 6.45) is 10.0. The number of hydrogen-bond acceptors (Lipinski definition) is 5. The normalized spacial score (nSPS) is 25.4. The first-order valence-corrected chi connectivity index (χ1v) is 13.9. The number of aliphatic imine (C=N–C) groups is 1. The molecule has 0 saturated heterocycles. The third-order valence-electron chi connectivity index (χ3n) is 7.66. The zero-order chi connectivity index (χ0) is 25.2. The number of aliphatic carboxylic acids is 1. The molecule has 36 heavy (non-hydrogen) atoms. The molecule has 10 heteroatoms. The van der Waals surface area contributed by atoms with Crippen LogP contribution in [0.1, 0.15) is 68.9 Å². The Morgan fingerprint density at radius 2 is 1.86 bits per heavy atom. The van der Waals surface area contributed by atoms with Crippen LogP contribution in [0.5, 0.6) is 0 Å². The summed E-state index contributed by atoms with van der Waals surface area (Å²) in [7, 11) is -1.28. The lowest BCUT2D eigenvalue weighted by Crippen LogP contribution is -2.37. The second-order valence-corrected chi connectivity index (χ2v) is 11.4. The zero-order valence-electron chi connectivity index (χ0n) is 20.2. The quantitative estimate of drug-likeness (QED) is 0.345. The number of nitrogens with two attached hydrogens (primary N) is 1. The Bertz CT molecular complexity index is 1250. The Labute approximate surface area is 212 Å². The highest BCUT2D eigenvalue weighted by Crippen LogP contribution is 2.37. The van der Waals surface area contributed by atoms with Gasteiger partial charge >= 0.3 is 5.97 Å². The maximum absolute atomic E-state index is 13.2. The summed E-state index contributed by atoms with van der Waals surface area (Å²) >= 11 is 0.